The van der Waals surface area contributed by atoms with E-state index in [0.29, 0.717) is 31.8 Å². The molecule has 0 spiro atoms. The number of nitrogens with zero attached hydrogens (tertiary/aromatic N) is 2. The second kappa shape index (κ2) is 9.89. The number of carbonyl (C=O) groups excluding carboxylic acids is 1. The highest BCUT2D eigenvalue weighted by atomic mass is 32.2. The number of hydrogen-bond donors (Lipinski definition) is 0. The van der Waals surface area contributed by atoms with E-state index in [1.807, 2.05) is 30.3 Å². The standard InChI is InChI=1S/C22H28N2O4S/c1-23(17-18-28-20-9-5-4-6-10-20)22(25)19-11-13-21(14-12-19)29(26,27)24-15-7-2-3-8-16-24/h4-6,9-14H,2-3,7-8,15-18H2,1H3. The van der Waals surface area contributed by atoms with E-state index in [9.17, 15) is 13.2 Å². The van der Waals surface area contributed by atoms with Crippen LogP contribution in [0.2, 0.25) is 0 Å². The van der Waals surface area contributed by atoms with E-state index in [-0.39, 0.29) is 10.8 Å². The Hall–Kier alpha value is -2.38. The minimum atomic E-state index is -3.50. The molecule has 0 aliphatic carbocycles. The first-order valence-electron chi connectivity index (χ1n) is 10.0. The van der Waals surface area contributed by atoms with Crippen molar-refractivity contribution in [3.63, 3.8) is 0 Å². The Morgan fingerprint density at radius 1 is 0.966 bits per heavy atom. The van der Waals surface area contributed by atoms with Crippen LogP contribution in [0, 0.1) is 0 Å². The van der Waals surface area contributed by atoms with Gasteiger partial charge in [0, 0.05) is 25.7 Å². The molecule has 1 amide bonds. The Morgan fingerprint density at radius 2 is 1.59 bits per heavy atom. The van der Waals surface area contributed by atoms with Gasteiger partial charge in [0.1, 0.15) is 12.4 Å². The summed E-state index contributed by atoms with van der Waals surface area (Å²) >= 11 is 0. The fraction of sp³-hybridized carbons (Fsp3) is 0.409. The minimum absolute atomic E-state index is 0.166. The lowest BCUT2D eigenvalue weighted by molar-refractivity contribution is 0.0773. The van der Waals surface area contributed by atoms with Crippen molar-refractivity contribution in [2.75, 3.05) is 33.3 Å². The van der Waals surface area contributed by atoms with Gasteiger partial charge in [-0.25, -0.2) is 8.42 Å². The molecule has 1 heterocycles. The van der Waals surface area contributed by atoms with Gasteiger partial charge in [0.25, 0.3) is 5.91 Å². The molecule has 29 heavy (non-hydrogen) atoms. The molecule has 2 aromatic rings. The first-order valence-corrected chi connectivity index (χ1v) is 11.5. The second-order valence-electron chi connectivity index (χ2n) is 7.23. The van der Waals surface area contributed by atoms with E-state index >= 15 is 0 Å². The first-order chi connectivity index (χ1) is 14.0. The van der Waals surface area contributed by atoms with Gasteiger partial charge in [0.15, 0.2) is 0 Å². The number of hydrogen-bond acceptors (Lipinski definition) is 4. The summed E-state index contributed by atoms with van der Waals surface area (Å²) in [6, 6.07) is 15.7. The van der Waals surface area contributed by atoms with E-state index in [1.165, 1.54) is 12.1 Å². The van der Waals surface area contributed by atoms with Crippen molar-refractivity contribution >= 4 is 15.9 Å². The maximum Gasteiger partial charge on any atom is 0.253 e. The van der Waals surface area contributed by atoms with Gasteiger partial charge in [-0.05, 0) is 49.2 Å². The summed E-state index contributed by atoms with van der Waals surface area (Å²) in [5.41, 5.74) is 0.460. The first kappa shape index (κ1) is 21.3. The summed E-state index contributed by atoms with van der Waals surface area (Å²) in [4.78, 5) is 14.4. The molecule has 0 unspecified atom stereocenters. The van der Waals surface area contributed by atoms with Crippen LogP contribution in [0.5, 0.6) is 5.75 Å². The summed E-state index contributed by atoms with van der Waals surface area (Å²) < 4.78 is 32.9. The molecule has 0 radical (unpaired) electrons. The van der Waals surface area contributed by atoms with Gasteiger partial charge in [-0.3, -0.25) is 4.79 Å². The average Bonchev–Trinajstić information content (AvgIpc) is 3.04. The molecule has 1 aliphatic heterocycles. The van der Waals surface area contributed by atoms with E-state index < -0.39 is 10.0 Å². The third-order valence-corrected chi connectivity index (χ3v) is 7.00. The fourth-order valence-corrected chi connectivity index (χ4v) is 4.86. The normalized spacial score (nSPS) is 15.5. The third-order valence-electron chi connectivity index (χ3n) is 5.09. The smallest absolute Gasteiger partial charge is 0.253 e. The van der Waals surface area contributed by atoms with Gasteiger partial charge in [-0.15, -0.1) is 0 Å². The van der Waals surface area contributed by atoms with Gasteiger partial charge < -0.3 is 9.64 Å². The molecule has 1 fully saturated rings. The Bertz CT molecular complexity index is 890. The molecule has 156 valence electrons. The zero-order valence-corrected chi connectivity index (χ0v) is 17.6. The molecule has 0 bridgehead atoms. The van der Waals surface area contributed by atoms with Crippen molar-refractivity contribution in [1.82, 2.24) is 9.21 Å². The maximum absolute atomic E-state index is 12.8. The summed E-state index contributed by atoms with van der Waals surface area (Å²) in [5.74, 6) is 0.594. The zero-order chi connectivity index (χ0) is 20.7. The fourth-order valence-electron chi connectivity index (χ4n) is 3.34. The summed E-state index contributed by atoms with van der Waals surface area (Å²) in [6.07, 6.45) is 3.93. The quantitative estimate of drug-likeness (QED) is 0.694. The Morgan fingerprint density at radius 3 is 2.21 bits per heavy atom. The number of amides is 1. The monoisotopic (exact) mass is 416 g/mol. The highest BCUT2D eigenvalue weighted by Crippen LogP contribution is 2.21. The number of likely N-dealkylation sites (N-methyl/N-ethyl adjacent to an activating group) is 1. The van der Waals surface area contributed by atoms with Crippen LogP contribution < -0.4 is 4.74 Å². The minimum Gasteiger partial charge on any atom is -0.492 e. The molecule has 7 heteroatoms. The number of sulfonamides is 1. The van der Waals surface area contributed by atoms with Crippen molar-refractivity contribution in [3.05, 3.63) is 60.2 Å². The van der Waals surface area contributed by atoms with Crippen molar-refractivity contribution in [2.45, 2.75) is 30.6 Å². The molecule has 2 aromatic carbocycles. The number of benzene rings is 2. The summed E-state index contributed by atoms with van der Waals surface area (Å²) in [7, 11) is -1.80. The zero-order valence-electron chi connectivity index (χ0n) is 16.8. The van der Waals surface area contributed by atoms with Gasteiger partial charge in [-0.2, -0.15) is 4.31 Å². The number of carbonyl (C=O) groups is 1. The van der Waals surface area contributed by atoms with Crippen LogP contribution in [0.25, 0.3) is 0 Å². The van der Waals surface area contributed by atoms with Crippen LogP contribution >= 0.6 is 0 Å². The molecule has 0 aromatic heterocycles. The van der Waals surface area contributed by atoms with Crippen LogP contribution in [0.15, 0.2) is 59.5 Å². The Labute approximate surface area is 173 Å². The largest absolute Gasteiger partial charge is 0.492 e. The molecule has 3 rings (SSSR count). The lowest BCUT2D eigenvalue weighted by atomic mass is 10.2. The van der Waals surface area contributed by atoms with E-state index in [0.717, 1.165) is 31.4 Å². The van der Waals surface area contributed by atoms with E-state index in [4.69, 9.17) is 4.74 Å². The van der Waals surface area contributed by atoms with Crippen LogP contribution in [-0.4, -0.2) is 56.8 Å². The number of ether oxygens (including phenoxy) is 1. The molecule has 0 atom stereocenters. The lowest BCUT2D eigenvalue weighted by Gasteiger charge is -2.20. The van der Waals surface area contributed by atoms with Crippen LogP contribution in [-0.2, 0) is 10.0 Å². The molecule has 1 saturated heterocycles. The lowest BCUT2D eigenvalue weighted by Crippen LogP contribution is -2.32. The van der Waals surface area contributed by atoms with Gasteiger partial charge in [0.2, 0.25) is 10.0 Å². The number of para-hydroxylation sites is 1. The van der Waals surface area contributed by atoms with Crippen LogP contribution in [0.4, 0.5) is 0 Å². The van der Waals surface area contributed by atoms with Crippen LogP contribution in [0.3, 0.4) is 0 Å². The third kappa shape index (κ3) is 5.58. The number of rotatable bonds is 7. The van der Waals surface area contributed by atoms with E-state index in [2.05, 4.69) is 0 Å². The molecule has 0 N–H and O–H groups in total. The van der Waals surface area contributed by atoms with Crippen molar-refractivity contribution in [2.24, 2.45) is 0 Å². The summed E-state index contributed by atoms with van der Waals surface area (Å²) in [5, 5.41) is 0. The molecular formula is C22H28N2O4S. The van der Waals surface area contributed by atoms with Crippen molar-refractivity contribution in [1.29, 1.82) is 0 Å². The Balaban J connectivity index is 1.59. The summed E-state index contributed by atoms with van der Waals surface area (Å²) in [6.45, 7) is 1.94. The highest BCUT2D eigenvalue weighted by molar-refractivity contribution is 7.89. The molecule has 0 saturated carbocycles. The highest BCUT2D eigenvalue weighted by Gasteiger charge is 2.25. The topological polar surface area (TPSA) is 66.9 Å². The SMILES string of the molecule is CN(CCOc1ccccc1)C(=O)c1ccc(S(=O)(=O)N2CCCCCC2)cc1. The van der Waals surface area contributed by atoms with Gasteiger partial charge in [-0.1, -0.05) is 31.0 Å². The molecular weight excluding hydrogens is 388 g/mol. The van der Waals surface area contributed by atoms with Crippen LogP contribution in [0.1, 0.15) is 36.0 Å². The second-order valence-corrected chi connectivity index (χ2v) is 9.17. The maximum atomic E-state index is 12.8. The van der Waals surface area contributed by atoms with Crippen molar-refractivity contribution in [3.8, 4) is 5.75 Å². The Kier molecular flexibility index (Phi) is 7.28. The van der Waals surface area contributed by atoms with E-state index in [1.54, 1.807) is 28.4 Å². The predicted octanol–water partition coefficient (Wildman–Crippen LogP) is 3.40. The predicted molar refractivity (Wildman–Crippen MR) is 113 cm³/mol. The molecule has 1 aliphatic rings. The van der Waals surface area contributed by atoms with Gasteiger partial charge >= 0.3 is 0 Å². The molecule has 6 nitrogen and oxygen atoms in total. The average molecular weight is 417 g/mol. The van der Waals surface area contributed by atoms with Gasteiger partial charge in [0.05, 0.1) is 11.4 Å². The van der Waals surface area contributed by atoms with Crippen molar-refractivity contribution < 1.29 is 17.9 Å².